The zero-order chi connectivity index (χ0) is 14.5. The van der Waals surface area contributed by atoms with Crippen LogP contribution in [0.1, 0.15) is 18.0 Å². The number of para-hydroxylation sites is 1. The molecule has 0 heterocycles. The molecule has 0 fully saturated rings. The van der Waals surface area contributed by atoms with E-state index in [0.717, 1.165) is 0 Å². The standard InChI is InChI=1S/C12H18F3N3O/c1-18(2)8-7-10(17-16)9-5-3-4-6-11(9)19-12(13,14)15/h3-6,10,17H,7-8,16H2,1-2H3. The molecule has 0 saturated heterocycles. The molecule has 0 aliphatic carbocycles. The third kappa shape index (κ3) is 5.46. The van der Waals surface area contributed by atoms with Gasteiger partial charge in [0, 0.05) is 5.56 Å². The summed E-state index contributed by atoms with van der Waals surface area (Å²) in [6.45, 7) is 0.690. The maximum absolute atomic E-state index is 12.3. The van der Waals surface area contributed by atoms with E-state index in [1.165, 1.54) is 12.1 Å². The third-order valence-corrected chi connectivity index (χ3v) is 2.59. The quantitative estimate of drug-likeness (QED) is 0.617. The molecular weight excluding hydrogens is 259 g/mol. The lowest BCUT2D eigenvalue weighted by Gasteiger charge is -2.21. The molecule has 0 aliphatic rings. The van der Waals surface area contributed by atoms with E-state index in [9.17, 15) is 13.2 Å². The zero-order valence-corrected chi connectivity index (χ0v) is 10.9. The highest BCUT2D eigenvalue weighted by Crippen LogP contribution is 2.31. The fourth-order valence-electron chi connectivity index (χ4n) is 1.70. The SMILES string of the molecule is CN(C)CCC(NN)c1ccccc1OC(F)(F)F. The second-order valence-corrected chi connectivity index (χ2v) is 4.40. The number of hydrogen-bond acceptors (Lipinski definition) is 4. The Morgan fingerprint density at radius 2 is 1.95 bits per heavy atom. The van der Waals surface area contributed by atoms with Crippen molar-refractivity contribution >= 4 is 0 Å². The minimum absolute atomic E-state index is 0.225. The van der Waals surface area contributed by atoms with Gasteiger partial charge in [-0.15, -0.1) is 13.2 Å². The van der Waals surface area contributed by atoms with E-state index >= 15 is 0 Å². The molecule has 0 bridgehead atoms. The molecule has 0 amide bonds. The predicted molar refractivity (Wildman–Crippen MR) is 66.4 cm³/mol. The van der Waals surface area contributed by atoms with E-state index in [4.69, 9.17) is 5.84 Å². The molecule has 0 aliphatic heterocycles. The summed E-state index contributed by atoms with van der Waals surface area (Å²) in [6, 6.07) is 5.59. The number of alkyl halides is 3. The maximum Gasteiger partial charge on any atom is 0.573 e. The van der Waals surface area contributed by atoms with E-state index in [1.54, 1.807) is 12.1 Å². The van der Waals surface area contributed by atoms with Crippen LogP contribution in [0.3, 0.4) is 0 Å². The highest BCUT2D eigenvalue weighted by Gasteiger charge is 2.32. The Labute approximate surface area is 110 Å². The van der Waals surface area contributed by atoms with Gasteiger partial charge in [-0.2, -0.15) is 0 Å². The van der Waals surface area contributed by atoms with Crippen LogP contribution < -0.4 is 16.0 Å². The number of hydrazine groups is 1. The smallest absolute Gasteiger partial charge is 0.405 e. The van der Waals surface area contributed by atoms with Crippen molar-refractivity contribution < 1.29 is 17.9 Å². The Balaban J connectivity index is 2.90. The zero-order valence-electron chi connectivity index (χ0n) is 10.9. The molecule has 1 rings (SSSR count). The highest BCUT2D eigenvalue weighted by molar-refractivity contribution is 5.36. The van der Waals surface area contributed by atoms with Crippen molar-refractivity contribution in [3.05, 3.63) is 29.8 Å². The topological polar surface area (TPSA) is 50.5 Å². The molecule has 1 atom stereocenters. The first-order valence-electron chi connectivity index (χ1n) is 5.79. The summed E-state index contributed by atoms with van der Waals surface area (Å²) in [5, 5.41) is 0. The molecule has 1 aromatic carbocycles. The third-order valence-electron chi connectivity index (χ3n) is 2.59. The van der Waals surface area contributed by atoms with Gasteiger partial charge in [-0.3, -0.25) is 11.3 Å². The molecule has 108 valence electrons. The average molecular weight is 277 g/mol. The fraction of sp³-hybridized carbons (Fsp3) is 0.500. The monoisotopic (exact) mass is 277 g/mol. The van der Waals surface area contributed by atoms with Crippen LogP contribution in [0.4, 0.5) is 13.2 Å². The first-order chi connectivity index (χ1) is 8.83. The molecule has 0 saturated carbocycles. The number of benzene rings is 1. The molecule has 3 N–H and O–H groups in total. The van der Waals surface area contributed by atoms with Gasteiger partial charge < -0.3 is 9.64 Å². The van der Waals surface area contributed by atoms with Crippen LogP contribution in [0, 0.1) is 0 Å². The van der Waals surface area contributed by atoms with E-state index in [0.29, 0.717) is 18.5 Å². The van der Waals surface area contributed by atoms with E-state index in [-0.39, 0.29) is 5.75 Å². The minimum atomic E-state index is -4.71. The second kappa shape index (κ2) is 6.74. The van der Waals surface area contributed by atoms with Crippen LogP contribution in [0.15, 0.2) is 24.3 Å². The lowest BCUT2D eigenvalue weighted by atomic mass is 10.0. The van der Waals surface area contributed by atoms with Gasteiger partial charge in [0.1, 0.15) is 5.75 Å². The van der Waals surface area contributed by atoms with Crippen molar-refractivity contribution in [2.24, 2.45) is 5.84 Å². The Morgan fingerprint density at radius 1 is 1.32 bits per heavy atom. The lowest BCUT2D eigenvalue weighted by molar-refractivity contribution is -0.275. The van der Waals surface area contributed by atoms with Crippen molar-refractivity contribution in [1.82, 2.24) is 10.3 Å². The van der Waals surface area contributed by atoms with Gasteiger partial charge in [0.25, 0.3) is 0 Å². The summed E-state index contributed by atoms with van der Waals surface area (Å²) in [7, 11) is 3.76. The molecule has 19 heavy (non-hydrogen) atoms. The Hall–Kier alpha value is -1.31. The summed E-state index contributed by atoms with van der Waals surface area (Å²) >= 11 is 0. The van der Waals surface area contributed by atoms with Crippen LogP contribution in [-0.4, -0.2) is 31.9 Å². The van der Waals surface area contributed by atoms with Gasteiger partial charge >= 0.3 is 6.36 Å². The maximum atomic E-state index is 12.3. The largest absolute Gasteiger partial charge is 0.573 e. The average Bonchev–Trinajstić information content (AvgIpc) is 2.29. The lowest BCUT2D eigenvalue weighted by Crippen LogP contribution is -2.31. The number of ether oxygens (including phenoxy) is 1. The molecule has 0 aromatic heterocycles. The van der Waals surface area contributed by atoms with Gasteiger partial charge in [0.2, 0.25) is 0 Å². The number of halogens is 3. The molecule has 1 unspecified atom stereocenters. The second-order valence-electron chi connectivity index (χ2n) is 4.40. The molecular formula is C12H18F3N3O. The Kier molecular flexibility index (Phi) is 5.59. The van der Waals surface area contributed by atoms with Gasteiger partial charge in [-0.05, 0) is 33.1 Å². The van der Waals surface area contributed by atoms with Crippen LogP contribution in [0.2, 0.25) is 0 Å². The van der Waals surface area contributed by atoms with Crippen molar-refractivity contribution in [2.75, 3.05) is 20.6 Å². The summed E-state index contributed by atoms with van der Waals surface area (Å²) < 4.78 is 41.0. The van der Waals surface area contributed by atoms with Gasteiger partial charge in [-0.25, -0.2) is 0 Å². The van der Waals surface area contributed by atoms with Crippen molar-refractivity contribution in [1.29, 1.82) is 0 Å². The Bertz CT molecular complexity index is 396. The van der Waals surface area contributed by atoms with Crippen molar-refractivity contribution in [2.45, 2.75) is 18.8 Å². The number of nitrogens with zero attached hydrogens (tertiary/aromatic N) is 1. The van der Waals surface area contributed by atoms with E-state index in [2.05, 4.69) is 10.2 Å². The molecule has 1 aromatic rings. The first-order valence-corrected chi connectivity index (χ1v) is 5.79. The molecule has 0 radical (unpaired) electrons. The number of nitrogens with two attached hydrogens (primary N) is 1. The van der Waals surface area contributed by atoms with Crippen LogP contribution >= 0.6 is 0 Å². The fourth-order valence-corrected chi connectivity index (χ4v) is 1.70. The van der Waals surface area contributed by atoms with Gasteiger partial charge in [0.05, 0.1) is 6.04 Å². The van der Waals surface area contributed by atoms with Crippen molar-refractivity contribution in [3.63, 3.8) is 0 Å². The highest BCUT2D eigenvalue weighted by atomic mass is 19.4. The summed E-state index contributed by atoms with van der Waals surface area (Å²) in [6.07, 6.45) is -4.14. The van der Waals surface area contributed by atoms with Crippen LogP contribution in [-0.2, 0) is 0 Å². The minimum Gasteiger partial charge on any atom is -0.405 e. The Morgan fingerprint density at radius 3 is 2.47 bits per heavy atom. The summed E-state index contributed by atoms with van der Waals surface area (Å²) in [5.41, 5.74) is 2.92. The van der Waals surface area contributed by atoms with Gasteiger partial charge in [0.15, 0.2) is 0 Å². The molecule has 7 heteroatoms. The normalized spacial score (nSPS) is 13.6. The molecule has 0 spiro atoms. The molecule has 4 nitrogen and oxygen atoms in total. The first kappa shape index (κ1) is 15.7. The number of rotatable bonds is 6. The van der Waals surface area contributed by atoms with Gasteiger partial charge in [-0.1, -0.05) is 18.2 Å². The van der Waals surface area contributed by atoms with Crippen molar-refractivity contribution in [3.8, 4) is 5.75 Å². The predicted octanol–water partition coefficient (Wildman–Crippen LogP) is 2.04. The number of hydrogen-bond donors (Lipinski definition) is 2. The summed E-state index contributed by atoms with van der Waals surface area (Å²) in [5.74, 6) is 5.19. The van der Waals surface area contributed by atoms with E-state index in [1.807, 2.05) is 19.0 Å². The van der Waals surface area contributed by atoms with Crippen LogP contribution in [0.5, 0.6) is 5.75 Å². The van der Waals surface area contributed by atoms with Crippen LogP contribution in [0.25, 0.3) is 0 Å². The summed E-state index contributed by atoms with van der Waals surface area (Å²) in [4.78, 5) is 1.93. The number of nitrogens with one attached hydrogen (secondary N) is 1. The van der Waals surface area contributed by atoms with E-state index < -0.39 is 12.4 Å².